The second-order valence-corrected chi connectivity index (χ2v) is 9.94. The van der Waals surface area contributed by atoms with Crippen molar-refractivity contribution in [3.8, 4) is 0 Å². The Morgan fingerprint density at radius 2 is 2.07 bits per heavy atom. The highest BCUT2D eigenvalue weighted by Gasteiger charge is 2.55. The first-order valence-electron chi connectivity index (χ1n) is 11.1. The van der Waals surface area contributed by atoms with Gasteiger partial charge in [-0.3, -0.25) is 9.69 Å². The monoisotopic (exact) mass is 397 g/mol. The molecule has 4 rings (SSSR count). The maximum atomic E-state index is 12.8. The van der Waals surface area contributed by atoms with Crippen molar-refractivity contribution in [1.82, 2.24) is 4.90 Å². The maximum absolute atomic E-state index is 12.8. The van der Waals surface area contributed by atoms with Gasteiger partial charge in [-0.05, 0) is 63.0 Å². The Bertz CT molecular complexity index is 763. The molecule has 0 radical (unpaired) electrons. The van der Waals surface area contributed by atoms with Crippen LogP contribution in [0.5, 0.6) is 0 Å². The van der Waals surface area contributed by atoms with Gasteiger partial charge in [0.25, 0.3) is 0 Å². The number of rotatable bonds is 5. The van der Waals surface area contributed by atoms with E-state index in [9.17, 15) is 9.90 Å². The predicted octanol–water partition coefficient (Wildman–Crippen LogP) is 4.35. The van der Waals surface area contributed by atoms with Crippen molar-refractivity contribution < 1.29 is 14.6 Å². The van der Waals surface area contributed by atoms with Crippen LogP contribution in [0.25, 0.3) is 0 Å². The normalized spacial score (nSPS) is 36.3. The lowest BCUT2D eigenvalue weighted by Crippen LogP contribution is -2.46. The standard InChI is InChI=1S/C25H35NO3/c1-16-9-8-12-25(3)14-22-19(13-21(16)25)20(24(28)29-22)15-26(4)17(2)23(27)18-10-6-5-7-11-18/h5-7,10-11,17,19-23,27H,1,8-9,12-15H2,2-4H3/t17-,19-,20-,21-,22+,23+,25+/m0/s1. The number of allylic oxidation sites excluding steroid dienone is 1. The van der Waals surface area contributed by atoms with Crippen LogP contribution < -0.4 is 0 Å². The summed E-state index contributed by atoms with van der Waals surface area (Å²) in [6.45, 7) is 9.39. The predicted molar refractivity (Wildman–Crippen MR) is 114 cm³/mol. The molecule has 1 aromatic carbocycles. The average Bonchev–Trinajstić information content (AvgIpc) is 2.99. The number of ether oxygens (including phenoxy) is 1. The minimum Gasteiger partial charge on any atom is -0.462 e. The van der Waals surface area contributed by atoms with E-state index >= 15 is 0 Å². The quantitative estimate of drug-likeness (QED) is 0.593. The van der Waals surface area contributed by atoms with Gasteiger partial charge in [-0.2, -0.15) is 0 Å². The first-order chi connectivity index (χ1) is 13.8. The summed E-state index contributed by atoms with van der Waals surface area (Å²) in [6.07, 6.45) is 4.98. The van der Waals surface area contributed by atoms with Crippen molar-refractivity contribution in [2.24, 2.45) is 23.2 Å². The second kappa shape index (κ2) is 7.88. The number of hydrogen-bond acceptors (Lipinski definition) is 4. The second-order valence-electron chi connectivity index (χ2n) is 9.94. The van der Waals surface area contributed by atoms with Crippen LogP contribution in [-0.4, -0.2) is 41.7 Å². The molecule has 0 spiro atoms. The maximum Gasteiger partial charge on any atom is 0.310 e. The van der Waals surface area contributed by atoms with Crippen molar-refractivity contribution in [2.45, 2.75) is 64.2 Å². The Kier molecular flexibility index (Phi) is 5.60. The Labute approximate surface area is 174 Å². The van der Waals surface area contributed by atoms with E-state index in [0.29, 0.717) is 12.5 Å². The van der Waals surface area contributed by atoms with Crippen molar-refractivity contribution >= 4 is 5.97 Å². The summed E-state index contributed by atoms with van der Waals surface area (Å²) in [7, 11) is 2.00. The van der Waals surface area contributed by atoms with Crippen LogP contribution in [0.1, 0.15) is 57.6 Å². The van der Waals surface area contributed by atoms with Crippen LogP contribution in [0.4, 0.5) is 0 Å². The molecule has 1 saturated heterocycles. The zero-order valence-electron chi connectivity index (χ0n) is 18.0. The molecule has 2 aliphatic carbocycles. The summed E-state index contributed by atoms with van der Waals surface area (Å²) in [5, 5.41) is 10.8. The minimum absolute atomic E-state index is 0.0439. The molecule has 4 heteroatoms. The van der Waals surface area contributed by atoms with E-state index < -0.39 is 6.10 Å². The van der Waals surface area contributed by atoms with Crippen molar-refractivity contribution in [3.05, 3.63) is 48.0 Å². The molecule has 1 N–H and O–H groups in total. The molecule has 0 amide bonds. The molecular formula is C25H35NO3. The number of aliphatic hydroxyl groups is 1. The number of likely N-dealkylation sites (N-methyl/N-ethyl adjacent to an activating group) is 1. The third-order valence-corrected chi connectivity index (χ3v) is 8.10. The number of carbonyl (C=O) groups excluding carboxylic acids is 1. The molecule has 2 saturated carbocycles. The van der Waals surface area contributed by atoms with Gasteiger partial charge in [0, 0.05) is 18.5 Å². The molecule has 3 fully saturated rings. The van der Waals surface area contributed by atoms with Gasteiger partial charge < -0.3 is 9.84 Å². The van der Waals surface area contributed by atoms with E-state index in [2.05, 4.69) is 18.4 Å². The molecule has 158 valence electrons. The first kappa shape index (κ1) is 20.6. The zero-order chi connectivity index (χ0) is 20.8. The van der Waals surface area contributed by atoms with E-state index in [1.54, 1.807) is 0 Å². The van der Waals surface area contributed by atoms with Crippen LogP contribution in [0.2, 0.25) is 0 Å². The van der Waals surface area contributed by atoms with Gasteiger partial charge in [-0.25, -0.2) is 0 Å². The molecule has 3 aliphatic rings. The number of esters is 1. The third kappa shape index (κ3) is 3.77. The van der Waals surface area contributed by atoms with Gasteiger partial charge >= 0.3 is 5.97 Å². The van der Waals surface area contributed by atoms with Crippen LogP contribution in [0, 0.1) is 23.2 Å². The zero-order valence-corrected chi connectivity index (χ0v) is 18.0. The van der Waals surface area contributed by atoms with E-state index in [-0.39, 0.29) is 35.4 Å². The summed E-state index contributed by atoms with van der Waals surface area (Å²) in [5.41, 5.74) is 2.51. The largest absolute Gasteiger partial charge is 0.462 e. The fourth-order valence-electron chi connectivity index (χ4n) is 6.11. The lowest BCUT2D eigenvalue weighted by atomic mass is 9.55. The molecule has 1 aliphatic heterocycles. The molecule has 7 atom stereocenters. The van der Waals surface area contributed by atoms with Gasteiger partial charge in [0.1, 0.15) is 6.10 Å². The highest BCUT2D eigenvalue weighted by molar-refractivity contribution is 5.75. The number of nitrogens with zero attached hydrogens (tertiary/aromatic N) is 1. The number of benzene rings is 1. The van der Waals surface area contributed by atoms with Gasteiger partial charge in [-0.1, -0.05) is 49.4 Å². The average molecular weight is 398 g/mol. The number of aliphatic hydroxyl groups excluding tert-OH is 1. The Hall–Kier alpha value is -1.65. The van der Waals surface area contributed by atoms with Crippen LogP contribution in [0.15, 0.2) is 42.5 Å². The third-order valence-electron chi connectivity index (χ3n) is 8.10. The lowest BCUT2D eigenvalue weighted by Gasteiger charge is -2.50. The van der Waals surface area contributed by atoms with Crippen LogP contribution in [-0.2, 0) is 9.53 Å². The molecule has 4 nitrogen and oxygen atoms in total. The van der Waals surface area contributed by atoms with Crippen molar-refractivity contribution in [1.29, 1.82) is 0 Å². The summed E-state index contributed by atoms with van der Waals surface area (Å²) in [5.74, 6) is 0.599. The number of carbonyl (C=O) groups is 1. The van der Waals surface area contributed by atoms with Crippen molar-refractivity contribution in [2.75, 3.05) is 13.6 Å². The highest BCUT2D eigenvalue weighted by Crippen LogP contribution is 2.57. The fraction of sp³-hybridized carbons (Fsp3) is 0.640. The van der Waals surface area contributed by atoms with Crippen LogP contribution in [0.3, 0.4) is 0 Å². The van der Waals surface area contributed by atoms with E-state index in [0.717, 1.165) is 24.8 Å². The summed E-state index contributed by atoms with van der Waals surface area (Å²) in [6, 6.07) is 9.66. The number of hydrogen-bond donors (Lipinski definition) is 1. The van der Waals surface area contributed by atoms with Gasteiger partial charge in [0.2, 0.25) is 0 Å². The SMILES string of the molecule is C=C1CCC[C@]2(C)C[C@H]3OC(=O)[C@@H](CN(C)[C@@H](C)[C@@H](O)c4ccccc4)[C@@H]3C[C@@H]12. The highest BCUT2D eigenvalue weighted by atomic mass is 16.6. The minimum atomic E-state index is -0.581. The van der Waals surface area contributed by atoms with Gasteiger partial charge in [-0.15, -0.1) is 0 Å². The molecule has 0 unspecified atom stereocenters. The molecule has 0 bridgehead atoms. The van der Waals surface area contributed by atoms with Crippen LogP contribution >= 0.6 is 0 Å². The molecule has 0 aromatic heterocycles. The molecule has 1 aromatic rings. The lowest BCUT2D eigenvalue weighted by molar-refractivity contribution is -0.146. The van der Waals surface area contributed by atoms with Gasteiger partial charge in [0.15, 0.2) is 0 Å². The van der Waals surface area contributed by atoms with Crippen molar-refractivity contribution in [3.63, 3.8) is 0 Å². The Morgan fingerprint density at radius 3 is 2.79 bits per heavy atom. The van der Waals surface area contributed by atoms with E-state index in [1.807, 2.05) is 44.3 Å². The number of fused-ring (bicyclic) bond motifs is 2. The summed E-state index contributed by atoms with van der Waals surface area (Å²) in [4.78, 5) is 14.9. The van der Waals surface area contributed by atoms with E-state index in [4.69, 9.17) is 4.74 Å². The topological polar surface area (TPSA) is 49.8 Å². The first-order valence-corrected chi connectivity index (χ1v) is 11.1. The summed E-state index contributed by atoms with van der Waals surface area (Å²) >= 11 is 0. The molecule has 1 heterocycles. The molecule has 29 heavy (non-hydrogen) atoms. The fourth-order valence-corrected chi connectivity index (χ4v) is 6.11. The molecular weight excluding hydrogens is 362 g/mol. The summed E-state index contributed by atoms with van der Waals surface area (Å²) < 4.78 is 5.90. The van der Waals surface area contributed by atoms with E-state index in [1.165, 1.54) is 18.4 Å². The smallest absolute Gasteiger partial charge is 0.310 e. The van der Waals surface area contributed by atoms with Gasteiger partial charge in [0.05, 0.1) is 12.0 Å². The Morgan fingerprint density at radius 1 is 1.34 bits per heavy atom. The Balaban J connectivity index is 1.46.